The fourth-order valence-corrected chi connectivity index (χ4v) is 740. The average molecular weight is 2880 g/mol. The van der Waals surface area contributed by atoms with Crippen LogP contribution in [-0.2, 0) is 285 Å². The van der Waals surface area contributed by atoms with Gasteiger partial charge in [0.15, 0.2) is 0 Å². The van der Waals surface area contributed by atoms with E-state index in [0.29, 0.717) is 0 Å². The van der Waals surface area contributed by atoms with Gasteiger partial charge in [-0.25, -0.2) is 0 Å². The molecule has 53 heteroatoms. The predicted molar refractivity (Wildman–Crippen MR) is 50.1 cm³/mol. The maximum absolute atomic E-state index is 15.2. The van der Waals surface area contributed by atoms with E-state index in [1.54, 1.807) is 0 Å². The van der Waals surface area contributed by atoms with Gasteiger partial charge >= 0.3 is 293 Å². The SMILES string of the molecule is O[P+](O)(O)O.[O]=[W]123[O][W]45(=[O])[O][W]6(=[O])([O]1)[O][W]17(=[O])[O][W]8(=[O])([O]2)[O][W]2(=[O])([O]3)[O][W]3(=[O])([O]4)[O][W]4(=[O])([O]5)[O][W](=[O])([O]6)([O]1)[O][W]1(=[O])([O]4)[O][W](=[O])([O]2)([O]3)[O][W](=[O])([O]8)([O]7)[O]1. The van der Waals surface area contributed by atoms with Crippen molar-refractivity contribution in [3.63, 3.8) is 0 Å². The maximum atomic E-state index is 15.2. The van der Waals surface area contributed by atoms with Crippen LogP contribution >= 0.6 is 8.17 Å². The second kappa shape index (κ2) is 7.49. The molecule has 0 aliphatic carbocycles. The minimum absolute atomic E-state index is 4.39. The summed E-state index contributed by atoms with van der Waals surface area (Å²) in [6.45, 7) is 0. The van der Waals surface area contributed by atoms with Crippen molar-refractivity contribution in [1.29, 1.82) is 0 Å². The molecular weight excluding hydrogens is 2880 g/mol. The first-order valence-electron chi connectivity index (χ1n) is 10.8. The second-order valence-corrected chi connectivity index (χ2v) is 178. The van der Waals surface area contributed by atoms with Gasteiger partial charge in [0.1, 0.15) is 0 Å². The van der Waals surface area contributed by atoms with Crippen molar-refractivity contribution in [3.8, 4) is 0 Å². The molecule has 0 unspecified atom stereocenters. The Balaban J connectivity index is 0.000000595. The van der Waals surface area contributed by atoms with Gasteiger partial charge in [-0.15, -0.1) is 0 Å². The molecular formula is H4O40PW12+. The fraction of sp³-hybridized carbons (Fsp3) is 0. The van der Waals surface area contributed by atoms with Crippen LogP contribution in [0.25, 0.3) is 0 Å². The minimum atomic E-state index is -10.2. The van der Waals surface area contributed by atoms with Crippen LogP contribution in [0, 0.1) is 0 Å². The van der Waals surface area contributed by atoms with Crippen LogP contribution in [0.2, 0.25) is 0 Å². The van der Waals surface area contributed by atoms with Crippen LogP contribution in [0.3, 0.4) is 0 Å². The molecule has 40 nitrogen and oxygen atoms in total. The van der Waals surface area contributed by atoms with Crippen LogP contribution in [0.15, 0.2) is 0 Å². The predicted octanol–water partition coefficient (Wildman–Crippen LogP) is -4.46. The van der Waals surface area contributed by atoms with E-state index < -0.39 is 204 Å². The van der Waals surface area contributed by atoms with Crippen molar-refractivity contribution in [2.45, 2.75) is 0 Å². The topological polar surface area (TPSA) is 507 Å². The van der Waals surface area contributed by atoms with Crippen molar-refractivity contribution >= 4 is 8.17 Å². The Hall–Kier alpha value is 5.17. The molecule has 0 saturated carbocycles. The third kappa shape index (κ3) is 4.48. The molecule has 8 aliphatic heterocycles. The van der Waals surface area contributed by atoms with E-state index in [0.717, 1.165) is 0 Å². The van der Waals surface area contributed by atoms with E-state index >= 15 is 40.8 Å². The quantitative estimate of drug-likeness (QED) is 0.166. The van der Waals surface area contributed by atoms with E-state index in [2.05, 4.69) is 49.0 Å². The van der Waals surface area contributed by atoms with E-state index in [1.807, 2.05) is 0 Å². The van der Waals surface area contributed by atoms with E-state index in [9.17, 15) is 0 Å². The summed E-state index contributed by atoms with van der Waals surface area (Å²) in [6, 6.07) is 0. The van der Waals surface area contributed by atoms with Crippen molar-refractivity contribution < 1.29 is 305 Å². The Morgan fingerprint density at radius 1 is 0.189 bits per heavy atom. The summed E-state index contributed by atoms with van der Waals surface area (Å²) in [7, 11) is -4.39. The van der Waals surface area contributed by atoms with Crippen LogP contribution in [-0.4, -0.2) is 19.6 Å². The van der Waals surface area contributed by atoms with E-state index in [1.165, 1.54) is 0 Å². The third-order valence-corrected chi connectivity index (χ3v) is 357. The third-order valence-electron chi connectivity index (χ3n) is 5.33. The summed E-state index contributed by atoms with van der Waals surface area (Å²) in [5.41, 5.74) is 0. The zero-order valence-corrected chi connectivity index (χ0v) is 57.9. The summed E-state index contributed by atoms with van der Waals surface area (Å²) in [6.07, 6.45) is 0. The standard InChI is InChI=1S/H4O4P.36O.12W/c1-5(2,3)4;;;;;;;;;;;;;;;;;;;;;;;;;;;;;;;;;;;;;;;;;;;;;;;;/h1-4H;;;;;;;;;;;;;;;;;;;;;;;;;;;;;;;;;;;;;;;;;;;;;;;;/q+1;;;;;;;;;;;;;;;;;;;;;;;;;;;;;;;;;;;;;;;;;;;;;;;;. The molecule has 8 aliphatic rings. The molecule has 0 aromatic rings. The van der Waals surface area contributed by atoms with Crippen molar-refractivity contribution in [2.24, 2.45) is 0 Å². The zero-order chi connectivity index (χ0) is 38.8. The molecule has 4 N–H and O–H groups in total. The first kappa shape index (κ1) is 39.7. The Kier molecular flexibility index (Phi) is 5.62. The van der Waals surface area contributed by atoms with Crippen LogP contribution in [0.5, 0.6) is 0 Å². The molecule has 8 fully saturated rings. The summed E-state index contributed by atoms with van der Waals surface area (Å²) in [5.74, 6) is 0. The Bertz CT molecular complexity index is 2040. The first-order chi connectivity index (χ1) is 22.5. The molecule has 0 aromatic heterocycles. The first-order valence-corrected chi connectivity index (χ1v) is 84.3. The number of hydrogen-bond donors (Lipinski definition) is 4. The average Bonchev–Trinajstić information content (AvgIpc) is 2.49. The molecule has 0 radical (unpaired) electrons. The van der Waals surface area contributed by atoms with E-state index in [-0.39, 0.29) is 0 Å². The molecule has 320 valence electrons. The molecule has 8 rings (SSSR count). The van der Waals surface area contributed by atoms with Gasteiger partial charge in [-0.1, -0.05) is 0 Å². The normalized spacial score (nSPS) is 57.7. The van der Waals surface area contributed by atoms with Crippen molar-refractivity contribution in [3.05, 3.63) is 0 Å². The van der Waals surface area contributed by atoms with E-state index in [4.69, 9.17) is 19.6 Å². The van der Waals surface area contributed by atoms with Gasteiger partial charge in [0.05, 0.1) is 0 Å². The number of rotatable bonds is 0. The molecule has 8 heterocycles. The van der Waals surface area contributed by atoms with Gasteiger partial charge in [0, 0.05) is 0 Å². The molecule has 0 amide bonds. The summed E-state index contributed by atoms with van der Waals surface area (Å²) >= 11 is -123. The number of hydrogen-bond acceptors (Lipinski definition) is 40. The summed E-state index contributed by atoms with van der Waals surface area (Å²) in [5, 5.41) is 0. The van der Waals surface area contributed by atoms with Crippen molar-refractivity contribution in [2.75, 3.05) is 0 Å². The molecule has 0 bridgehead atoms. The monoisotopic (exact) mass is 2880 g/mol. The van der Waals surface area contributed by atoms with Crippen LogP contribution in [0.4, 0.5) is 0 Å². The second-order valence-electron chi connectivity index (χ2n) is 10.3. The van der Waals surface area contributed by atoms with Crippen molar-refractivity contribution in [1.82, 2.24) is 0 Å². The molecule has 8 saturated heterocycles. The van der Waals surface area contributed by atoms with Gasteiger partial charge < -0.3 is 0 Å². The van der Waals surface area contributed by atoms with Gasteiger partial charge in [0.25, 0.3) is 0 Å². The summed E-state index contributed by atoms with van der Waals surface area (Å²) in [4.78, 5) is 29.2. The van der Waals surface area contributed by atoms with Gasteiger partial charge in [-0.2, -0.15) is 19.6 Å². The zero-order valence-electron chi connectivity index (χ0n) is 21.8. The van der Waals surface area contributed by atoms with Crippen LogP contribution < -0.4 is 0 Å². The summed E-state index contributed by atoms with van der Waals surface area (Å²) < 4.78 is 295. The molecule has 12 spiro atoms. The van der Waals surface area contributed by atoms with Gasteiger partial charge in [-0.3, -0.25) is 0 Å². The Morgan fingerprint density at radius 3 is 0.264 bits per heavy atom. The van der Waals surface area contributed by atoms with Gasteiger partial charge in [0.2, 0.25) is 0 Å². The Labute approximate surface area is 306 Å². The Morgan fingerprint density at radius 2 is 0.226 bits per heavy atom. The fourth-order valence-electron chi connectivity index (χ4n) is 5.17. The molecule has 0 atom stereocenters. The van der Waals surface area contributed by atoms with Gasteiger partial charge in [-0.05, 0) is 0 Å². The molecule has 0 aromatic carbocycles. The van der Waals surface area contributed by atoms with Crippen LogP contribution in [0.1, 0.15) is 0 Å². The molecule has 53 heavy (non-hydrogen) atoms.